The first kappa shape index (κ1) is 50.1. The van der Waals surface area contributed by atoms with E-state index in [2.05, 4.69) is 98.8 Å². The van der Waals surface area contributed by atoms with Crippen LogP contribution in [0.15, 0.2) is 84.9 Å². The predicted molar refractivity (Wildman–Crippen MR) is 271 cm³/mol. The zero-order valence-electron chi connectivity index (χ0n) is 39.6. The lowest BCUT2D eigenvalue weighted by Crippen LogP contribution is -1.98. The van der Waals surface area contributed by atoms with Crippen LogP contribution in [-0.4, -0.2) is 0 Å². The van der Waals surface area contributed by atoms with Crippen LogP contribution in [0.2, 0.25) is 0 Å². The van der Waals surface area contributed by atoms with Crippen LogP contribution in [0.3, 0.4) is 0 Å². The second-order valence-electron chi connectivity index (χ2n) is 18.9. The van der Waals surface area contributed by atoms with Crippen molar-refractivity contribution in [1.82, 2.24) is 0 Å². The van der Waals surface area contributed by atoms with Gasteiger partial charge in [-0.25, -0.2) is 0 Å². The third-order valence-electron chi connectivity index (χ3n) is 13.3. The molecule has 0 fully saturated rings. The number of hydrogen-bond acceptors (Lipinski definition) is 2. The predicted octanol–water partition coefficient (Wildman–Crippen LogP) is 17.5. The largest absolute Gasteiger partial charge is 0.399 e. The van der Waals surface area contributed by atoms with Gasteiger partial charge < -0.3 is 11.5 Å². The average molecular weight is 827 g/mol. The van der Waals surface area contributed by atoms with Crippen molar-refractivity contribution in [2.75, 3.05) is 11.5 Å². The molecule has 2 nitrogen and oxygen atoms in total. The van der Waals surface area contributed by atoms with Gasteiger partial charge in [0.15, 0.2) is 0 Å². The van der Waals surface area contributed by atoms with Gasteiger partial charge in [0.25, 0.3) is 0 Å². The number of rotatable bonds is 36. The van der Waals surface area contributed by atoms with Gasteiger partial charge >= 0.3 is 0 Å². The molecule has 0 spiro atoms. The van der Waals surface area contributed by atoms with Crippen LogP contribution in [0.4, 0.5) is 11.4 Å². The third kappa shape index (κ3) is 22.4. The Morgan fingerprint density at radius 2 is 0.508 bits per heavy atom. The van der Waals surface area contributed by atoms with Crippen LogP contribution in [0.1, 0.15) is 232 Å². The highest BCUT2D eigenvalue weighted by molar-refractivity contribution is 5.50. The second kappa shape index (κ2) is 32.2. The molecule has 0 heterocycles. The first-order valence-corrected chi connectivity index (χ1v) is 25.9. The number of nitrogen functional groups attached to an aromatic ring is 2. The van der Waals surface area contributed by atoms with Crippen molar-refractivity contribution >= 4 is 11.4 Å². The first-order valence-electron chi connectivity index (χ1n) is 25.9. The molecule has 4 N–H and O–H groups in total. The molecule has 0 saturated carbocycles. The van der Waals surface area contributed by atoms with Gasteiger partial charge in [0, 0.05) is 11.4 Å². The van der Waals surface area contributed by atoms with E-state index in [9.17, 15) is 0 Å². The molecule has 336 valence electrons. The summed E-state index contributed by atoms with van der Waals surface area (Å²) < 4.78 is 0. The minimum absolute atomic E-state index is 0.959. The summed E-state index contributed by atoms with van der Waals surface area (Å²) in [5.74, 6) is 0. The summed E-state index contributed by atoms with van der Waals surface area (Å²) in [5.41, 5.74) is 25.8. The fourth-order valence-corrected chi connectivity index (χ4v) is 9.24. The van der Waals surface area contributed by atoms with Gasteiger partial charge in [0.1, 0.15) is 0 Å². The normalized spacial score (nSPS) is 11.4. The zero-order chi connectivity index (χ0) is 43.0. The van der Waals surface area contributed by atoms with Crippen molar-refractivity contribution in [3.05, 3.63) is 129 Å². The number of unbranched alkanes of at least 4 members (excludes halogenated alkanes) is 24. The quantitative estimate of drug-likeness (QED) is 0.0354. The summed E-state index contributed by atoms with van der Waals surface area (Å²) in [6.45, 7) is 4.55. The molecular formula is C59H90N2. The standard InChI is InChI=1S/C59H90N2/c1-3-5-7-22-28-32-56-48-54(42-44-58(56)60)46-52-38-34-50(35-39-52)30-26-24-20-18-16-14-12-10-9-11-13-15-17-19-21-25-27-31-51-36-40-53(41-37-51)47-55-43-45-59(61)57(49-55)33-29-23-8-6-4-2/h34-45,48-49H,3-33,46-47,60-61H2,1-2H3. The Kier molecular flexibility index (Phi) is 26.5. The summed E-state index contributed by atoms with van der Waals surface area (Å²) >= 11 is 0. The minimum atomic E-state index is 0.959. The van der Waals surface area contributed by atoms with Crippen LogP contribution >= 0.6 is 0 Å². The van der Waals surface area contributed by atoms with Gasteiger partial charge in [-0.05, 0) is 121 Å². The summed E-state index contributed by atoms with van der Waals surface area (Å²) in [6.07, 6.45) is 43.7. The van der Waals surface area contributed by atoms with Crippen molar-refractivity contribution < 1.29 is 0 Å². The van der Waals surface area contributed by atoms with Crippen LogP contribution in [0.25, 0.3) is 0 Å². The summed E-state index contributed by atoms with van der Waals surface area (Å²) in [5, 5.41) is 0. The second-order valence-corrected chi connectivity index (χ2v) is 18.9. The van der Waals surface area contributed by atoms with Crippen molar-refractivity contribution in [2.45, 2.75) is 226 Å². The Morgan fingerprint density at radius 3 is 0.820 bits per heavy atom. The Labute approximate surface area is 376 Å². The molecule has 0 radical (unpaired) electrons. The molecule has 0 unspecified atom stereocenters. The highest BCUT2D eigenvalue weighted by Crippen LogP contribution is 2.23. The minimum Gasteiger partial charge on any atom is -0.399 e. The summed E-state index contributed by atoms with van der Waals surface area (Å²) in [7, 11) is 0. The van der Waals surface area contributed by atoms with Gasteiger partial charge in [-0.2, -0.15) is 0 Å². The number of nitrogens with two attached hydrogens (primary N) is 2. The molecule has 0 bridgehead atoms. The molecule has 4 rings (SSSR count). The molecule has 2 heteroatoms. The zero-order valence-corrected chi connectivity index (χ0v) is 39.6. The third-order valence-corrected chi connectivity index (χ3v) is 13.3. The average Bonchev–Trinajstić information content (AvgIpc) is 3.27. The van der Waals surface area contributed by atoms with Gasteiger partial charge in [0.2, 0.25) is 0 Å². The molecule has 0 amide bonds. The maximum atomic E-state index is 6.32. The SMILES string of the molecule is CCCCCCCc1cc(Cc2ccc(CCCCCCCCCCCCCCCCCCCc3ccc(Cc4ccc(N)c(CCCCCCC)c4)cc3)cc2)ccc1N. The van der Waals surface area contributed by atoms with E-state index in [4.69, 9.17) is 11.5 Å². The molecule has 4 aromatic carbocycles. The molecule has 0 saturated heterocycles. The smallest absolute Gasteiger partial charge is 0.0346 e. The Balaban J connectivity index is 0.903. The van der Waals surface area contributed by atoms with E-state index < -0.39 is 0 Å². The van der Waals surface area contributed by atoms with Gasteiger partial charge in [-0.15, -0.1) is 0 Å². The van der Waals surface area contributed by atoms with E-state index in [0.29, 0.717) is 0 Å². The van der Waals surface area contributed by atoms with E-state index >= 15 is 0 Å². The van der Waals surface area contributed by atoms with Gasteiger partial charge in [-0.1, -0.05) is 234 Å². The highest BCUT2D eigenvalue weighted by atomic mass is 14.6. The van der Waals surface area contributed by atoms with Crippen LogP contribution in [0.5, 0.6) is 0 Å². The number of benzene rings is 4. The first-order chi connectivity index (χ1) is 30.0. The summed E-state index contributed by atoms with van der Waals surface area (Å²) in [4.78, 5) is 0. The van der Waals surface area contributed by atoms with E-state index in [1.54, 1.807) is 0 Å². The van der Waals surface area contributed by atoms with Crippen LogP contribution < -0.4 is 11.5 Å². The topological polar surface area (TPSA) is 52.0 Å². The van der Waals surface area contributed by atoms with E-state index in [1.807, 2.05) is 0 Å². The monoisotopic (exact) mass is 827 g/mol. The number of anilines is 2. The lowest BCUT2D eigenvalue weighted by atomic mass is 9.97. The molecular weight excluding hydrogens is 737 g/mol. The number of aryl methyl sites for hydroxylation is 4. The molecule has 0 atom stereocenters. The molecule has 0 aliphatic rings. The van der Waals surface area contributed by atoms with Crippen LogP contribution in [0, 0.1) is 0 Å². The molecule has 0 aliphatic heterocycles. The molecule has 4 aromatic rings. The Bertz CT molecular complexity index is 1540. The lowest BCUT2D eigenvalue weighted by Gasteiger charge is -2.10. The van der Waals surface area contributed by atoms with E-state index in [0.717, 1.165) is 37.1 Å². The van der Waals surface area contributed by atoms with Gasteiger partial charge in [0.05, 0.1) is 0 Å². The fourth-order valence-electron chi connectivity index (χ4n) is 9.24. The highest BCUT2D eigenvalue weighted by Gasteiger charge is 2.06. The van der Waals surface area contributed by atoms with Crippen LogP contribution in [-0.2, 0) is 38.5 Å². The Hall–Kier alpha value is -3.52. The molecule has 0 aromatic heterocycles. The van der Waals surface area contributed by atoms with E-state index in [-0.39, 0.29) is 0 Å². The lowest BCUT2D eigenvalue weighted by molar-refractivity contribution is 0.525. The van der Waals surface area contributed by atoms with Crippen molar-refractivity contribution in [2.24, 2.45) is 0 Å². The van der Waals surface area contributed by atoms with Crippen molar-refractivity contribution in [1.29, 1.82) is 0 Å². The van der Waals surface area contributed by atoms with Crippen molar-refractivity contribution in [3.63, 3.8) is 0 Å². The fraction of sp³-hybridized carbons (Fsp3) is 0.593. The Morgan fingerprint density at radius 1 is 0.262 bits per heavy atom. The number of hydrogen-bond donors (Lipinski definition) is 2. The van der Waals surface area contributed by atoms with Gasteiger partial charge in [-0.3, -0.25) is 0 Å². The molecule has 0 aliphatic carbocycles. The maximum Gasteiger partial charge on any atom is 0.0346 e. The van der Waals surface area contributed by atoms with E-state index in [1.165, 1.54) is 231 Å². The van der Waals surface area contributed by atoms with Crippen molar-refractivity contribution in [3.8, 4) is 0 Å². The molecule has 61 heavy (non-hydrogen) atoms. The summed E-state index contributed by atoms with van der Waals surface area (Å²) in [6, 6.07) is 32.2. The maximum absolute atomic E-state index is 6.32.